The largest absolute Gasteiger partial charge is 0.319 e. The van der Waals surface area contributed by atoms with Crippen LogP contribution in [0.1, 0.15) is 11.1 Å². The molecule has 0 aliphatic heterocycles. The predicted molar refractivity (Wildman–Crippen MR) is 77.3 cm³/mol. The first-order valence-electron chi connectivity index (χ1n) is 6.19. The van der Waals surface area contributed by atoms with Crippen LogP contribution in [0.4, 0.5) is 0 Å². The second kappa shape index (κ2) is 4.63. The molecule has 0 fully saturated rings. The molecule has 0 radical (unpaired) electrons. The number of nitrogens with one attached hydrogen (secondary N) is 1. The fourth-order valence-electron chi connectivity index (χ4n) is 2.16. The number of hydrogen-bond donors (Lipinski definition) is 1. The third-order valence-electron chi connectivity index (χ3n) is 3.22. The minimum atomic E-state index is -0.248. The number of aromatic nitrogens is 2. The normalized spacial score (nSPS) is 10.4. The molecule has 0 unspecified atom stereocenters. The number of nitriles is 1. The van der Waals surface area contributed by atoms with Gasteiger partial charge in [-0.1, -0.05) is 18.2 Å². The van der Waals surface area contributed by atoms with E-state index in [1.165, 1.54) is 0 Å². The number of aromatic amines is 1. The summed E-state index contributed by atoms with van der Waals surface area (Å²) in [6.07, 6.45) is 0. The molecule has 0 saturated heterocycles. The van der Waals surface area contributed by atoms with E-state index in [2.05, 4.69) is 16.0 Å². The molecule has 3 aromatic rings. The molecular formula is C16H11N3O. The molecule has 0 saturated carbocycles. The quantitative estimate of drug-likeness (QED) is 0.732. The number of para-hydroxylation sites is 2. The van der Waals surface area contributed by atoms with Crippen molar-refractivity contribution in [1.82, 2.24) is 9.97 Å². The second-order valence-corrected chi connectivity index (χ2v) is 4.57. The van der Waals surface area contributed by atoms with Crippen LogP contribution in [0.3, 0.4) is 0 Å². The summed E-state index contributed by atoms with van der Waals surface area (Å²) in [6, 6.07) is 14.7. The maximum atomic E-state index is 12.2. The highest BCUT2D eigenvalue weighted by molar-refractivity contribution is 5.77. The number of hydrogen-bond acceptors (Lipinski definition) is 3. The molecule has 0 amide bonds. The molecule has 0 atom stereocenters. The molecule has 20 heavy (non-hydrogen) atoms. The van der Waals surface area contributed by atoms with E-state index in [1.54, 1.807) is 12.1 Å². The summed E-state index contributed by atoms with van der Waals surface area (Å²) >= 11 is 0. The van der Waals surface area contributed by atoms with Crippen LogP contribution in [0.25, 0.3) is 22.3 Å². The van der Waals surface area contributed by atoms with Gasteiger partial charge in [0.1, 0.15) is 5.69 Å². The second-order valence-electron chi connectivity index (χ2n) is 4.57. The lowest BCUT2D eigenvalue weighted by Crippen LogP contribution is -2.12. The van der Waals surface area contributed by atoms with E-state index < -0.39 is 0 Å². The summed E-state index contributed by atoms with van der Waals surface area (Å²) < 4.78 is 0. The minimum absolute atomic E-state index is 0.248. The first-order chi connectivity index (χ1) is 9.69. The summed E-state index contributed by atoms with van der Waals surface area (Å²) in [6.45, 7) is 1.90. The van der Waals surface area contributed by atoms with Gasteiger partial charge in [0.2, 0.25) is 0 Å². The monoisotopic (exact) mass is 261 g/mol. The number of rotatable bonds is 1. The Morgan fingerprint density at radius 3 is 2.80 bits per heavy atom. The van der Waals surface area contributed by atoms with Crippen molar-refractivity contribution in [2.24, 2.45) is 0 Å². The van der Waals surface area contributed by atoms with Crippen LogP contribution >= 0.6 is 0 Å². The molecule has 1 N–H and O–H groups in total. The van der Waals surface area contributed by atoms with Crippen LogP contribution in [0, 0.1) is 18.3 Å². The smallest absolute Gasteiger partial charge is 0.274 e. The van der Waals surface area contributed by atoms with Gasteiger partial charge in [-0.15, -0.1) is 0 Å². The zero-order valence-electron chi connectivity index (χ0n) is 10.8. The molecule has 4 nitrogen and oxygen atoms in total. The SMILES string of the molecule is Cc1ccc(C#N)cc1-c1nc2ccccc2[nH]c1=O. The van der Waals surface area contributed by atoms with E-state index in [0.29, 0.717) is 22.3 Å². The van der Waals surface area contributed by atoms with Crippen molar-refractivity contribution in [2.75, 3.05) is 0 Å². The fraction of sp³-hybridized carbons (Fsp3) is 0.0625. The Kier molecular flexibility index (Phi) is 2.81. The Hall–Kier alpha value is -2.93. The van der Waals surface area contributed by atoms with Crippen LogP contribution in [-0.4, -0.2) is 9.97 Å². The van der Waals surface area contributed by atoms with Crippen molar-refractivity contribution >= 4 is 11.0 Å². The van der Waals surface area contributed by atoms with E-state index in [-0.39, 0.29) is 5.56 Å². The molecule has 0 aliphatic rings. The van der Waals surface area contributed by atoms with Crippen molar-refractivity contribution in [1.29, 1.82) is 5.26 Å². The zero-order valence-corrected chi connectivity index (χ0v) is 10.8. The molecule has 96 valence electrons. The maximum absolute atomic E-state index is 12.2. The first-order valence-corrected chi connectivity index (χ1v) is 6.19. The lowest BCUT2D eigenvalue weighted by Gasteiger charge is -2.06. The van der Waals surface area contributed by atoms with Crippen molar-refractivity contribution in [3.63, 3.8) is 0 Å². The lowest BCUT2D eigenvalue weighted by atomic mass is 10.0. The summed E-state index contributed by atoms with van der Waals surface area (Å²) in [7, 11) is 0. The topological polar surface area (TPSA) is 69.5 Å². The third kappa shape index (κ3) is 1.95. The summed E-state index contributed by atoms with van der Waals surface area (Å²) in [5, 5.41) is 8.98. The number of nitrogens with zero attached hydrogens (tertiary/aromatic N) is 2. The van der Waals surface area contributed by atoms with Gasteiger partial charge in [-0.3, -0.25) is 4.79 Å². The highest BCUT2D eigenvalue weighted by atomic mass is 16.1. The lowest BCUT2D eigenvalue weighted by molar-refractivity contribution is 1.21. The molecule has 3 rings (SSSR count). The molecule has 4 heteroatoms. The summed E-state index contributed by atoms with van der Waals surface area (Å²) in [5.41, 5.74) is 3.65. The minimum Gasteiger partial charge on any atom is -0.319 e. The van der Waals surface area contributed by atoms with Crippen LogP contribution in [0.5, 0.6) is 0 Å². The van der Waals surface area contributed by atoms with Crippen LogP contribution < -0.4 is 5.56 Å². The Balaban J connectivity index is 2.32. The fourth-order valence-corrected chi connectivity index (χ4v) is 2.16. The molecular weight excluding hydrogens is 250 g/mol. The molecule has 0 spiro atoms. The average molecular weight is 261 g/mol. The highest BCUT2D eigenvalue weighted by Crippen LogP contribution is 2.21. The summed E-state index contributed by atoms with van der Waals surface area (Å²) in [4.78, 5) is 19.4. The highest BCUT2D eigenvalue weighted by Gasteiger charge is 2.10. The van der Waals surface area contributed by atoms with Gasteiger partial charge in [0.15, 0.2) is 0 Å². The Bertz CT molecular complexity index is 903. The van der Waals surface area contributed by atoms with Crippen LogP contribution in [0.2, 0.25) is 0 Å². The van der Waals surface area contributed by atoms with Gasteiger partial charge in [-0.25, -0.2) is 4.98 Å². The van der Waals surface area contributed by atoms with Gasteiger partial charge >= 0.3 is 0 Å². The first kappa shape index (κ1) is 12.1. The average Bonchev–Trinajstić information content (AvgIpc) is 2.47. The number of fused-ring (bicyclic) bond motifs is 1. The van der Waals surface area contributed by atoms with E-state index in [9.17, 15) is 4.79 Å². The van der Waals surface area contributed by atoms with Crippen LogP contribution in [-0.2, 0) is 0 Å². The van der Waals surface area contributed by atoms with Gasteiger partial charge < -0.3 is 4.98 Å². The standard InChI is InChI=1S/C16H11N3O/c1-10-6-7-11(9-17)8-12(10)15-16(20)19-14-5-3-2-4-13(14)18-15/h2-8H,1H3,(H,19,20). The van der Waals surface area contributed by atoms with E-state index in [0.717, 1.165) is 11.1 Å². The molecule has 1 aromatic heterocycles. The molecule has 0 aliphatic carbocycles. The Labute approximate surface area is 115 Å². The van der Waals surface area contributed by atoms with Crippen molar-refractivity contribution in [3.8, 4) is 17.3 Å². The molecule has 1 heterocycles. The molecule has 0 bridgehead atoms. The van der Waals surface area contributed by atoms with Gasteiger partial charge in [-0.05, 0) is 36.8 Å². The van der Waals surface area contributed by atoms with Crippen molar-refractivity contribution in [2.45, 2.75) is 6.92 Å². The van der Waals surface area contributed by atoms with Crippen LogP contribution in [0.15, 0.2) is 47.3 Å². The van der Waals surface area contributed by atoms with E-state index in [1.807, 2.05) is 37.3 Å². The zero-order chi connectivity index (χ0) is 14.1. The Morgan fingerprint density at radius 1 is 1.20 bits per heavy atom. The van der Waals surface area contributed by atoms with Gasteiger partial charge in [-0.2, -0.15) is 5.26 Å². The third-order valence-corrected chi connectivity index (χ3v) is 3.22. The van der Waals surface area contributed by atoms with E-state index >= 15 is 0 Å². The van der Waals surface area contributed by atoms with Gasteiger partial charge in [0, 0.05) is 5.56 Å². The van der Waals surface area contributed by atoms with Crippen molar-refractivity contribution < 1.29 is 0 Å². The number of H-pyrrole nitrogens is 1. The maximum Gasteiger partial charge on any atom is 0.274 e. The number of benzene rings is 2. The number of aryl methyl sites for hydroxylation is 1. The summed E-state index contributed by atoms with van der Waals surface area (Å²) in [5.74, 6) is 0. The Morgan fingerprint density at radius 2 is 2.00 bits per heavy atom. The van der Waals surface area contributed by atoms with Crippen molar-refractivity contribution in [3.05, 3.63) is 63.9 Å². The van der Waals surface area contributed by atoms with Gasteiger partial charge in [0.25, 0.3) is 5.56 Å². The van der Waals surface area contributed by atoms with E-state index in [4.69, 9.17) is 5.26 Å². The molecule has 2 aromatic carbocycles. The van der Waals surface area contributed by atoms with Gasteiger partial charge in [0.05, 0.1) is 22.7 Å². The predicted octanol–water partition coefficient (Wildman–Crippen LogP) is 2.77.